The van der Waals surface area contributed by atoms with Crippen LogP contribution in [0, 0.1) is 5.92 Å². The molecule has 0 aromatic heterocycles. The molecule has 2 nitrogen and oxygen atoms in total. The molecule has 0 amide bonds. The zero-order chi connectivity index (χ0) is 22.5. The molecule has 0 N–H and O–H groups in total. The standard InChI is InChI=1S/C27H50O2Si/c1-8-9-20-26(29-30(6,7)27(4,5)24(2)3)21-16-11-10-12-17-22-28-23-25-18-14-13-15-19-25/h13-15,18-19,24,26H,8-12,16-17,20-23H2,1-7H3/t26-/m0/s1. The van der Waals surface area contributed by atoms with Gasteiger partial charge in [0.1, 0.15) is 0 Å². The minimum atomic E-state index is -1.74. The third-order valence-electron chi connectivity index (χ3n) is 7.26. The van der Waals surface area contributed by atoms with Crippen molar-refractivity contribution < 1.29 is 9.16 Å². The van der Waals surface area contributed by atoms with E-state index in [1.807, 2.05) is 0 Å². The first-order chi connectivity index (χ1) is 14.2. The summed E-state index contributed by atoms with van der Waals surface area (Å²) in [4.78, 5) is 0. The molecule has 0 unspecified atom stereocenters. The summed E-state index contributed by atoms with van der Waals surface area (Å²) in [6.45, 7) is 18.3. The molecule has 0 aliphatic rings. The fourth-order valence-corrected chi connectivity index (χ4v) is 6.59. The van der Waals surface area contributed by atoms with Crippen LogP contribution in [0.15, 0.2) is 30.3 Å². The molecule has 1 rings (SSSR count). The first-order valence-electron chi connectivity index (χ1n) is 12.5. The number of ether oxygens (including phenoxy) is 1. The molecule has 0 heterocycles. The molecule has 30 heavy (non-hydrogen) atoms. The van der Waals surface area contributed by atoms with Crippen molar-refractivity contribution in [3.8, 4) is 0 Å². The van der Waals surface area contributed by atoms with Crippen molar-refractivity contribution in [3.63, 3.8) is 0 Å². The first-order valence-corrected chi connectivity index (χ1v) is 15.4. The van der Waals surface area contributed by atoms with Crippen LogP contribution in [-0.2, 0) is 15.8 Å². The molecular formula is C27H50O2Si. The first kappa shape index (κ1) is 27.4. The van der Waals surface area contributed by atoms with Crippen LogP contribution in [0.4, 0.5) is 0 Å². The van der Waals surface area contributed by atoms with Crippen LogP contribution >= 0.6 is 0 Å². The fraction of sp³-hybridized carbons (Fsp3) is 0.778. The summed E-state index contributed by atoms with van der Waals surface area (Å²) in [7, 11) is -1.74. The molecule has 1 aromatic rings. The summed E-state index contributed by atoms with van der Waals surface area (Å²) in [6.07, 6.45) is 11.8. The third-order valence-corrected chi connectivity index (χ3v) is 11.9. The van der Waals surface area contributed by atoms with Gasteiger partial charge in [0.25, 0.3) is 0 Å². The quantitative estimate of drug-likeness (QED) is 0.180. The SMILES string of the molecule is CCCC[C@@H](CCCCCCCOCc1ccccc1)O[Si](C)(C)C(C)(C)C(C)C. The van der Waals surface area contributed by atoms with E-state index < -0.39 is 8.32 Å². The summed E-state index contributed by atoms with van der Waals surface area (Å²) >= 11 is 0. The minimum absolute atomic E-state index is 0.303. The van der Waals surface area contributed by atoms with Gasteiger partial charge in [0.15, 0.2) is 8.32 Å². The smallest absolute Gasteiger partial charge is 0.192 e. The summed E-state index contributed by atoms with van der Waals surface area (Å²) < 4.78 is 12.7. The molecule has 0 fully saturated rings. The Morgan fingerprint density at radius 1 is 0.867 bits per heavy atom. The maximum Gasteiger partial charge on any atom is 0.192 e. The van der Waals surface area contributed by atoms with Gasteiger partial charge in [0, 0.05) is 12.7 Å². The van der Waals surface area contributed by atoms with E-state index in [4.69, 9.17) is 9.16 Å². The molecule has 1 aromatic carbocycles. The lowest BCUT2D eigenvalue weighted by Crippen LogP contribution is -2.47. The maximum atomic E-state index is 6.89. The lowest BCUT2D eigenvalue weighted by Gasteiger charge is -2.44. The second-order valence-electron chi connectivity index (χ2n) is 10.4. The average molecular weight is 435 g/mol. The van der Waals surface area contributed by atoms with E-state index in [0.717, 1.165) is 13.2 Å². The highest BCUT2D eigenvalue weighted by molar-refractivity contribution is 6.74. The van der Waals surface area contributed by atoms with Crippen molar-refractivity contribution in [2.24, 2.45) is 5.92 Å². The Kier molecular flexibility index (Phi) is 13.2. The highest BCUT2D eigenvalue weighted by Crippen LogP contribution is 2.45. The minimum Gasteiger partial charge on any atom is -0.414 e. The molecule has 0 bridgehead atoms. The summed E-state index contributed by atoms with van der Waals surface area (Å²) in [5.41, 5.74) is 1.27. The Hall–Kier alpha value is -0.643. The second kappa shape index (κ2) is 14.4. The van der Waals surface area contributed by atoms with Crippen molar-refractivity contribution >= 4 is 8.32 Å². The normalized spacial score (nSPS) is 13.7. The van der Waals surface area contributed by atoms with E-state index in [-0.39, 0.29) is 0 Å². The maximum absolute atomic E-state index is 6.89. The van der Waals surface area contributed by atoms with E-state index in [0.29, 0.717) is 17.1 Å². The molecule has 0 aliphatic heterocycles. The van der Waals surface area contributed by atoms with E-state index in [1.165, 1.54) is 63.4 Å². The number of hydrogen-bond acceptors (Lipinski definition) is 2. The predicted octanol–water partition coefficient (Wildman–Crippen LogP) is 8.76. The Balaban J connectivity index is 2.24. The Bertz CT molecular complexity index is 539. The van der Waals surface area contributed by atoms with E-state index in [9.17, 15) is 0 Å². The fourth-order valence-electron chi connectivity index (χ4n) is 3.83. The topological polar surface area (TPSA) is 18.5 Å². The monoisotopic (exact) mass is 434 g/mol. The lowest BCUT2D eigenvalue weighted by molar-refractivity contribution is 0.116. The lowest BCUT2D eigenvalue weighted by atomic mass is 9.99. The molecule has 1 atom stereocenters. The summed E-state index contributed by atoms with van der Waals surface area (Å²) in [5.74, 6) is 0.662. The zero-order valence-corrected chi connectivity index (χ0v) is 22.1. The number of hydrogen-bond donors (Lipinski definition) is 0. The van der Waals surface area contributed by atoms with Crippen molar-refractivity contribution in [1.82, 2.24) is 0 Å². The van der Waals surface area contributed by atoms with Gasteiger partial charge in [-0.1, -0.05) is 103 Å². The van der Waals surface area contributed by atoms with Gasteiger partial charge < -0.3 is 9.16 Å². The highest BCUT2D eigenvalue weighted by atomic mass is 28.4. The Morgan fingerprint density at radius 2 is 1.47 bits per heavy atom. The van der Waals surface area contributed by atoms with Crippen LogP contribution in [0.25, 0.3) is 0 Å². The average Bonchev–Trinajstić information content (AvgIpc) is 2.70. The third kappa shape index (κ3) is 10.1. The molecule has 0 aliphatic carbocycles. The van der Waals surface area contributed by atoms with Crippen molar-refractivity contribution in [2.75, 3.05) is 6.61 Å². The van der Waals surface area contributed by atoms with Crippen LogP contribution in [0.3, 0.4) is 0 Å². The van der Waals surface area contributed by atoms with Gasteiger partial charge in [0.05, 0.1) is 6.61 Å². The number of benzene rings is 1. The highest BCUT2D eigenvalue weighted by Gasteiger charge is 2.44. The van der Waals surface area contributed by atoms with Crippen LogP contribution in [0.5, 0.6) is 0 Å². The van der Waals surface area contributed by atoms with Crippen LogP contribution < -0.4 is 0 Å². The van der Waals surface area contributed by atoms with E-state index in [2.05, 4.69) is 78.0 Å². The van der Waals surface area contributed by atoms with E-state index >= 15 is 0 Å². The van der Waals surface area contributed by atoms with Gasteiger partial charge in [-0.3, -0.25) is 0 Å². The molecule has 0 radical (unpaired) electrons. The molecule has 3 heteroatoms. The number of unbranched alkanes of at least 4 members (excludes halogenated alkanes) is 5. The van der Waals surface area contributed by atoms with Crippen LogP contribution in [-0.4, -0.2) is 21.0 Å². The molecule has 0 saturated heterocycles. The molecule has 0 spiro atoms. The van der Waals surface area contributed by atoms with E-state index in [1.54, 1.807) is 0 Å². The van der Waals surface area contributed by atoms with Gasteiger partial charge in [-0.2, -0.15) is 0 Å². The zero-order valence-electron chi connectivity index (χ0n) is 21.1. The largest absolute Gasteiger partial charge is 0.414 e. The van der Waals surface area contributed by atoms with Crippen molar-refractivity contribution in [3.05, 3.63) is 35.9 Å². The number of rotatable bonds is 17. The van der Waals surface area contributed by atoms with Gasteiger partial charge >= 0.3 is 0 Å². The Morgan fingerprint density at radius 3 is 2.10 bits per heavy atom. The van der Waals surface area contributed by atoms with Gasteiger partial charge in [-0.05, 0) is 48.9 Å². The van der Waals surface area contributed by atoms with Crippen molar-refractivity contribution in [2.45, 2.75) is 123 Å². The molecular weight excluding hydrogens is 384 g/mol. The second-order valence-corrected chi connectivity index (χ2v) is 14.9. The Labute approximate surface area is 189 Å². The molecule has 0 saturated carbocycles. The summed E-state index contributed by atoms with van der Waals surface area (Å²) in [5, 5.41) is 0.303. The predicted molar refractivity (Wildman–Crippen MR) is 135 cm³/mol. The van der Waals surface area contributed by atoms with Crippen LogP contribution in [0.2, 0.25) is 18.1 Å². The molecule has 174 valence electrons. The summed E-state index contributed by atoms with van der Waals surface area (Å²) in [6, 6.07) is 10.5. The van der Waals surface area contributed by atoms with Crippen LogP contribution in [0.1, 0.15) is 98.0 Å². The van der Waals surface area contributed by atoms with Gasteiger partial charge in [-0.15, -0.1) is 0 Å². The van der Waals surface area contributed by atoms with Gasteiger partial charge in [-0.25, -0.2) is 0 Å². The van der Waals surface area contributed by atoms with Gasteiger partial charge in [0.2, 0.25) is 0 Å². The van der Waals surface area contributed by atoms with Crippen molar-refractivity contribution in [1.29, 1.82) is 0 Å².